The number of rotatable bonds is 5. The molecule has 0 aliphatic heterocycles. The molecule has 1 aromatic heterocycles. The van der Waals surface area contributed by atoms with Crippen molar-refractivity contribution in [2.24, 2.45) is 12.8 Å². The fourth-order valence-electron chi connectivity index (χ4n) is 2.04. The monoisotopic (exact) mass is 435 g/mol. The molecular formula is C14H16Br2ClN3O. The average molecular weight is 438 g/mol. The van der Waals surface area contributed by atoms with Gasteiger partial charge in [0.25, 0.3) is 0 Å². The van der Waals surface area contributed by atoms with Crippen molar-refractivity contribution in [1.29, 1.82) is 0 Å². The number of hydrogen-bond donors (Lipinski definition) is 1. The van der Waals surface area contributed by atoms with Gasteiger partial charge < -0.3 is 10.5 Å². The van der Waals surface area contributed by atoms with Gasteiger partial charge in [0.1, 0.15) is 17.5 Å². The SMILES string of the molecule is Cc1nn(C)c(Cl)c1COc1c(Br)cc(CCN)cc1Br. The van der Waals surface area contributed by atoms with E-state index in [1.165, 1.54) is 0 Å². The number of benzene rings is 1. The van der Waals surface area contributed by atoms with E-state index < -0.39 is 0 Å². The highest BCUT2D eigenvalue weighted by Gasteiger charge is 2.14. The Kier molecular flexibility index (Phi) is 5.71. The normalized spacial score (nSPS) is 11.0. The van der Waals surface area contributed by atoms with Crippen molar-refractivity contribution in [2.45, 2.75) is 20.0 Å². The minimum Gasteiger partial charge on any atom is -0.486 e. The summed E-state index contributed by atoms with van der Waals surface area (Å²) >= 11 is 13.3. The lowest BCUT2D eigenvalue weighted by atomic mass is 10.1. The molecule has 0 fully saturated rings. The third kappa shape index (κ3) is 3.80. The Balaban J connectivity index is 2.20. The summed E-state index contributed by atoms with van der Waals surface area (Å²) in [6, 6.07) is 4.04. The maximum absolute atomic E-state index is 6.21. The van der Waals surface area contributed by atoms with E-state index in [1.54, 1.807) is 4.68 Å². The minimum atomic E-state index is 0.367. The molecule has 2 aromatic rings. The van der Waals surface area contributed by atoms with Crippen LogP contribution in [0, 0.1) is 6.92 Å². The molecule has 21 heavy (non-hydrogen) atoms. The van der Waals surface area contributed by atoms with E-state index in [0.717, 1.165) is 37.9 Å². The molecule has 0 atom stereocenters. The van der Waals surface area contributed by atoms with E-state index in [4.69, 9.17) is 22.1 Å². The number of nitrogens with zero attached hydrogens (tertiary/aromatic N) is 2. The Morgan fingerprint density at radius 1 is 1.33 bits per heavy atom. The summed E-state index contributed by atoms with van der Waals surface area (Å²) in [5.74, 6) is 0.745. The fraction of sp³-hybridized carbons (Fsp3) is 0.357. The van der Waals surface area contributed by atoms with E-state index >= 15 is 0 Å². The molecule has 0 aliphatic rings. The van der Waals surface area contributed by atoms with E-state index in [0.29, 0.717) is 18.3 Å². The summed E-state index contributed by atoms with van der Waals surface area (Å²) < 4.78 is 9.32. The van der Waals surface area contributed by atoms with Crippen molar-refractivity contribution in [1.82, 2.24) is 9.78 Å². The molecule has 0 spiro atoms. The topological polar surface area (TPSA) is 53.1 Å². The molecule has 7 heteroatoms. The largest absolute Gasteiger partial charge is 0.486 e. The van der Waals surface area contributed by atoms with Gasteiger partial charge in [-0.25, -0.2) is 0 Å². The Hall–Kier alpha value is -0.560. The predicted molar refractivity (Wildman–Crippen MR) is 91.9 cm³/mol. The number of aromatic nitrogens is 2. The summed E-state index contributed by atoms with van der Waals surface area (Å²) in [7, 11) is 1.81. The fourth-order valence-corrected chi connectivity index (χ4v) is 3.78. The summed E-state index contributed by atoms with van der Waals surface area (Å²) in [4.78, 5) is 0. The van der Waals surface area contributed by atoms with Gasteiger partial charge in [0.05, 0.1) is 14.6 Å². The molecular weight excluding hydrogens is 421 g/mol. The summed E-state index contributed by atoms with van der Waals surface area (Å²) in [5, 5.41) is 4.87. The second-order valence-corrected chi connectivity index (χ2v) is 6.76. The first-order chi connectivity index (χ1) is 9.93. The number of aryl methyl sites for hydroxylation is 2. The summed E-state index contributed by atoms with van der Waals surface area (Å²) in [5.41, 5.74) is 8.50. The number of halogens is 3. The van der Waals surface area contributed by atoms with Gasteiger partial charge in [-0.3, -0.25) is 4.68 Å². The second kappa shape index (κ2) is 7.13. The zero-order valence-electron chi connectivity index (χ0n) is 11.8. The zero-order chi connectivity index (χ0) is 15.6. The van der Waals surface area contributed by atoms with Crippen LogP contribution in [0.3, 0.4) is 0 Å². The van der Waals surface area contributed by atoms with Crippen LogP contribution < -0.4 is 10.5 Å². The van der Waals surface area contributed by atoms with E-state index in [-0.39, 0.29) is 0 Å². The maximum Gasteiger partial charge on any atom is 0.148 e. The molecule has 1 aromatic carbocycles. The molecule has 0 saturated heterocycles. The number of ether oxygens (including phenoxy) is 1. The van der Waals surface area contributed by atoms with Gasteiger partial charge >= 0.3 is 0 Å². The Morgan fingerprint density at radius 3 is 2.43 bits per heavy atom. The molecule has 4 nitrogen and oxygen atoms in total. The lowest BCUT2D eigenvalue weighted by molar-refractivity contribution is 0.301. The van der Waals surface area contributed by atoms with Crippen LogP contribution in [0.4, 0.5) is 0 Å². The maximum atomic E-state index is 6.21. The molecule has 114 valence electrons. The van der Waals surface area contributed by atoms with Crippen molar-refractivity contribution in [3.05, 3.63) is 43.1 Å². The van der Waals surface area contributed by atoms with Crippen LogP contribution in [0.15, 0.2) is 21.1 Å². The van der Waals surface area contributed by atoms with Gasteiger partial charge in [-0.2, -0.15) is 5.10 Å². The highest BCUT2D eigenvalue weighted by atomic mass is 79.9. The van der Waals surface area contributed by atoms with Crippen LogP contribution in [0.5, 0.6) is 5.75 Å². The smallest absolute Gasteiger partial charge is 0.148 e. The van der Waals surface area contributed by atoms with Crippen molar-refractivity contribution in [3.63, 3.8) is 0 Å². The zero-order valence-corrected chi connectivity index (χ0v) is 15.7. The predicted octanol–water partition coefficient (Wildman–Crippen LogP) is 3.99. The highest BCUT2D eigenvalue weighted by Crippen LogP contribution is 2.36. The van der Waals surface area contributed by atoms with Gasteiger partial charge in [0.15, 0.2) is 0 Å². The molecule has 0 saturated carbocycles. The van der Waals surface area contributed by atoms with Crippen molar-refractivity contribution in [2.75, 3.05) is 6.54 Å². The molecule has 0 unspecified atom stereocenters. The van der Waals surface area contributed by atoms with Gasteiger partial charge in [0.2, 0.25) is 0 Å². The number of nitrogens with two attached hydrogens (primary N) is 1. The lowest BCUT2D eigenvalue weighted by Crippen LogP contribution is -2.04. The highest BCUT2D eigenvalue weighted by molar-refractivity contribution is 9.11. The van der Waals surface area contributed by atoms with Crippen LogP contribution in [-0.4, -0.2) is 16.3 Å². The Labute approximate surface area is 145 Å². The summed E-state index contributed by atoms with van der Waals surface area (Å²) in [6.45, 7) is 2.90. The van der Waals surface area contributed by atoms with Gasteiger partial charge in [-0.05, 0) is 69.4 Å². The third-order valence-corrected chi connectivity index (χ3v) is 4.77. The minimum absolute atomic E-state index is 0.367. The van der Waals surface area contributed by atoms with Gasteiger partial charge in [-0.15, -0.1) is 0 Å². The quantitative estimate of drug-likeness (QED) is 0.770. The average Bonchev–Trinajstić information content (AvgIpc) is 2.64. The Bertz CT molecular complexity index is 635. The van der Waals surface area contributed by atoms with Crippen LogP contribution in [0.2, 0.25) is 5.15 Å². The molecule has 0 bridgehead atoms. The van der Waals surface area contributed by atoms with E-state index in [2.05, 4.69) is 37.0 Å². The first kappa shape index (κ1) is 16.8. The molecule has 0 amide bonds. The summed E-state index contributed by atoms with van der Waals surface area (Å²) in [6.07, 6.45) is 0.824. The van der Waals surface area contributed by atoms with E-state index in [9.17, 15) is 0 Å². The standard InChI is InChI=1S/C14H16Br2ClN3O/c1-8-10(14(17)20(2)19-8)7-21-13-11(15)5-9(3-4-18)6-12(13)16/h5-6H,3-4,7,18H2,1-2H3. The second-order valence-electron chi connectivity index (χ2n) is 4.69. The van der Waals surface area contributed by atoms with Crippen molar-refractivity contribution in [3.8, 4) is 5.75 Å². The Morgan fingerprint density at radius 2 is 1.95 bits per heavy atom. The third-order valence-electron chi connectivity index (χ3n) is 3.12. The first-order valence-electron chi connectivity index (χ1n) is 6.42. The molecule has 0 aliphatic carbocycles. The molecule has 2 N–H and O–H groups in total. The lowest BCUT2D eigenvalue weighted by Gasteiger charge is -2.12. The molecule has 1 heterocycles. The van der Waals surface area contributed by atoms with Crippen LogP contribution in [0.1, 0.15) is 16.8 Å². The van der Waals surface area contributed by atoms with Gasteiger partial charge in [-0.1, -0.05) is 11.6 Å². The van der Waals surface area contributed by atoms with Crippen molar-refractivity contribution >= 4 is 43.5 Å². The number of hydrogen-bond acceptors (Lipinski definition) is 3. The van der Waals surface area contributed by atoms with Crippen LogP contribution in [-0.2, 0) is 20.1 Å². The van der Waals surface area contributed by atoms with E-state index in [1.807, 2.05) is 26.1 Å². The van der Waals surface area contributed by atoms with Crippen LogP contribution in [0.25, 0.3) is 0 Å². The molecule has 0 radical (unpaired) electrons. The van der Waals surface area contributed by atoms with Crippen molar-refractivity contribution < 1.29 is 4.74 Å². The van der Waals surface area contributed by atoms with Gasteiger partial charge in [0, 0.05) is 12.6 Å². The van der Waals surface area contributed by atoms with Crippen LogP contribution >= 0.6 is 43.5 Å². The first-order valence-corrected chi connectivity index (χ1v) is 8.39. The molecule has 2 rings (SSSR count).